The van der Waals surface area contributed by atoms with Crippen LogP contribution in [0.4, 0.5) is 9.59 Å². The van der Waals surface area contributed by atoms with Gasteiger partial charge in [0.2, 0.25) is 13.6 Å². The third-order valence-corrected chi connectivity index (χ3v) is 7.97. The molecule has 0 spiro atoms. The van der Waals surface area contributed by atoms with Gasteiger partial charge in [0.05, 0.1) is 46.1 Å². The number of piperidine rings is 1. The molecule has 2 aromatic carbocycles. The second-order valence-electron chi connectivity index (χ2n) is 12.0. The number of likely N-dealkylation sites (N-methyl/N-ethyl adjacent to an activating group) is 1. The summed E-state index contributed by atoms with van der Waals surface area (Å²) in [6.45, 7) is 5.47. The van der Waals surface area contributed by atoms with Crippen LogP contribution in [0.3, 0.4) is 0 Å². The summed E-state index contributed by atoms with van der Waals surface area (Å²) in [5, 5.41) is 0. The Morgan fingerprint density at radius 1 is 0.692 bits per heavy atom. The number of esters is 2. The highest BCUT2D eigenvalue weighted by Crippen LogP contribution is 2.28. The highest BCUT2D eigenvalue weighted by Gasteiger charge is 2.28. The Morgan fingerprint density at radius 2 is 1.19 bits per heavy atom. The molecule has 2 amide bonds. The molecule has 16 nitrogen and oxygen atoms in total. The Bertz CT molecular complexity index is 1340. The molecule has 4 rings (SSSR count). The summed E-state index contributed by atoms with van der Waals surface area (Å²) < 4.78 is 49.0. The minimum absolute atomic E-state index is 0.0997. The van der Waals surface area contributed by atoms with E-state index < -0.39 is 43.8 Å². The maximum absolute atomic E-state index is 12.6. The Morgan fingerprint density at radius 3 is 1.73 bits per heavy atom. The summed E-state index contributed by atoms with van der Waals surface area (Å²) in [6, 6.07) is 14.7. The normalized spacial score (nSPS) is 17.2. The van der Waals surface area contributed by atoms with Gasteiger partial charge in [0, 0.05) is 25.6 Å². The van der Waals surface area contributed by atoms with Crippen molar-refractivity contribution in [2.45, 2.75) is 32.8 Å². The molecule has 52 heavy (non-hydrogen) atoms. The molecule has 2 saturated heterocycles. The van der Waals surface area contributed by atoms with Gasteiger partial charge < -0.3 is 52.4 Å². The van der Waals surface area contributed by atoms with Crippen LogP contribution in [0.25, 0.3) is 0 Å². The number of nitrogens with zero attached hydrogens (tertiary/aromatic N) is 3. The van der Waals surface area contributed by atoms with Crippen molar-refractivity contribution in [2.75, 3.05) is 92.9 Å². The number of benzene rings is 2. The highest BCUT2D eigenvalue weighted by molar-refractivity contribution is 5.75. The molecule has 0 aliphatic carbocycles. The van der Waals surface area contributed by atoms with E-state index in [4.69, 9.17) is 42.6 Å². The molecule has 286 valence electrons. The summed E-state index contributed by atoms with van der Waals surface area (Å²) in [5.74, 6) is 1.19. The van der Waals surface area contributed by atoms with Crippen molar-refractivity contribution in [3.63, 3.8) is 0 Å². The molecule has 2 unspecified atom stereocenters. The van der Waals surface area contributed by atoms with Crippen molar-refractivity contribution in [1.82, 2.24) is 14.7 Å². The second-order valence-corrected chi connectivity index (χ2v) is 12.0. The van der Waals surface area contributed by atoms with E-state index in [1.807, 2.05) is 56.3 Å². The van der Waals surface area contributed by atoms with E-state index in [0.29, 0.717) is 62.5 Å². The Kier molecular flexibility index (Phi) is 16.4. The first-order valence-corrected chi connectivity index (χ1v) is 17.4. The van der Waals surface area contributed by atoms with Crippen LogP contribution >= 0.6 is 0 Å². The molecule has 0 N–H and O–H groups in total. The second kappa shape index (κ2) is 21.4. The number of ether oxygens (including phenoxy) is 9. The number of carbonyl (C=O) groups excluding carboxylic acids is 4. The van der Waals surface area contributed by atoms with Crippen LogP contribution in [-0.4, -0.2) is 138 Å². The van der Waals surface area contributed by atoms with Crippen LogP contribution in [0.2, 0.25) is 0 Å². The Balaban J connectivity index is 1.06. The zero-order valence-corrected chi connectivity index (χ0v) is 30.0. The van der Waals surface area contributed by atoms with Crippen molar-refractivity contribution in [3.05, 3.63) is 48.5 Å². The number of amides is 2. The largest absolute Gasteiger partial charge is 0.490 e. The molecule has 2 aliphatic rings. The zero-order valence-electron chi connectivity index (χ0n) is 30.0. The smallest absolute Gasteiger partial charge is 0.412 e. The molecule has 2 fully saturated rings. The van der Waals surface area contributed by atoms with Crippen molar-refractivity contribution >= 4 is 24.1 Å². The molecule has 0 saturated carbocycles. The molecular formula is C36H49N3O13. The molecule has 0 aromatic heterocycles. The fourth-order valence-electron chi connectivity index (χ4n) is 5.49. The lowest BCUT2D eigenvalue weighted by Crippen LogP contribution is -2.48. The molecule has 2 heterocycles. The van der Waals surface area contributed by atoms with Crippen molar-refractivity contribution in [2.24, 2.45) is 5.92 Å². The van der Waals surface area contributed by atoms with Crippen molar-refractivity contribution in [1.29, 1.82) is 0 Å². The van der Waals surface area contributed by atoms with Crippen LogP contribution in [0.15, 0.2) is 48.5 Å². The van der Waals surface area contributed by atoms with Gasteiger partial charge in [0.1, 0.15) is 12.7 Å². The number of rotatable bonds is 18. The number of para-hydroxylation sites is 4. The summed E-state index contributed by atoms with van der Waals surface area (Å²) in [4.78, 5) is 54.1. The predicted octanol–water partition coefficient (Wildman–Crippen LogP) is 3.56. The van der Waals surface area contributed by atoms with Gasteiger partial charge in [0.15, 0.2) is 23.0 Å². The predicted molar refractivity (Wildman–Crippen MR) is 184 cm³/mol. The average Bonchev–Trinajstić information content (AvgIpc) is 3.14. The van der Waals surface area contributed by atoms with Crippen molar-refractivity contribution in [3.8, 4) is 23.0 Å². The lowest BCUT2D eigenvalue weighted by atomic mass is 9.99. The van der Waals surface area contributed by atoms with Gasteiger partial charge in [-0.1, -0.05) is 24.3 Å². The van der Waals surface area contributed by atoms with E-state index in [2.05, 4.69) is 0 Å². The van der Waals surface area contributed by atoms with Crippen molar-refractivity contribution < 1.29 is 61.8 Å². The number of likely N-dealkylation sites (tertiary alicyclic amines) is 1. The number of hydrogen-bond donors (Lipinski definition) is 0. The minimum Gasteiger partial charge on any atom is -0.490 e. The van der Waals surface area contributed by atoms with E-state index >= 15 is 0 Å². The van der Waals surface area contributed by atoms with Gasteiger partial charge in [-0.25, -0.2) is 9.59 Å². The standard InChI is InChI=1S/C36H49N3O13/c1-4-44-29-12-6-8-14-31(29)47-23-27-11-10-16-38(19-27)35(42)51-25-49-33(40)21-37(3)22-34(41)50-26-52-36(43)39-17-18-46-28(20-39)24-48-32-15-9-7-13-30(32)45-5-2/h6-9,12-15,27-28H,4-5,10-11,16-26H2,1-3H3. The number of carbonyl (C=O) groups is 4. The lowest BCUT2D eigenvalue weighted by Gasteiger charge is -2.32. The molecule has 2 atom stereocenters. The van der Waals surface area contributed by atoms with E-state index in [-0.39, 0.29) is 38.8 Å². The van der Waals surface area contributed by atoms with Crippen LogP contribution in [0.1, 0.15) is 26.7 Å². The number of hydrogen-bond acceptors (Lipinski definition) is 14. The van der Waals surface area contributed by atoms with Gasteiger partial charge >= 0.3 is 24.1 Å². The topological polar surface area (TPSA) is 161 Å². The summed E-state index contributed by atoms with van der Waals surface area (Å²) in [7, 11) is 1.51. The first-order valence-electron chi connectivity index (χ1n) is 17.4. The SMILES string of the molecule is CCOc1ccccc1OCC1CCCN(C(=O)OCOC(=O)CN(C)CC(=O)OCOC(=O)N2CCOC(COc3ccccc3OCC)C2)C1. The van der Waals surface area contributed by atoms with Gasteiger partial charge in [0.25, 0.3) is 0 Å². The van der Waals surface area contributed by atoms with Gasteiger partial charge in [-0.3, -0.25) is 14.5 Å². The zero-order chi connectivity index (χ0) is 37.1. The lowest BCUT2D eigenvalue weighted by molar-refractivity contribution is -0.157. The molecular weight excluding hydrogens is 682 g/mol. The quantitative estimate of drug-likeness (QED) is 0.162. The Hall–Kier alpha value is -4.96. The van der Waals surface area contributed by atoms with E-state index in [0.717, 1.165) is 12.8 Å². The average molecular weight is 732 g/mol. The Labute approximate surface area is 303 Å². The molecule has 16 heteroatoms. The third-order valence-electron chi connectivity index (χ3n) is 7.97. The van der Waals surface area contributed by atoms with Crippen LogP contribution in [0.5, 0.6) is 23.0 Å². The molecule has 0 bridgehead atoms. The van der Waals surface area contributed by atoms with E-state index in [1.54, 1.807) is 11.0 Å². The van der Waals surface area contributed by atoms with Crippen LogP contribution < -0.4 is 18.9 Å². The molecule has 0 radical (unpaired) electrons. The number of morpholine rings is 1. The summed E-state index contributed by atoms with van der Waals surface area (Å²) in [5.41, 5.74) is 0. The molecule has 2 aliphatic heterocycles. The van der Waals surface area contributed by atoms with Crippen LogP contribution in [0, 0.1) is 5.92 Å². The first kappa shape index (κ1) is 39.8. The first-order chi connectivity index (χ1) is 25.2. The summed E-state index contributed by atoms with van der Waals surface area (Å²) in [6.07, 6.45) is 0.0172. The van der Waals surface area contributed by atoms with Gasteiger partial charge in [-0.2, -0.15) is 0 Å². The maximum atomic E-state index is 12.6. The van der Waals surface area contributed by atoms with E-state index in [1.165, 1.54) is 16.8 Å². The van der Waals surface area contributed by atoms with Gasteiger partial charge in [-0.15, -0.1) is 0 Å². The van der Waals surface area contributed by atoms with E-state index in [9.17, 15) is 19.2 Å². The minimum atomic E-state index is -0.722. The fourth-order valence-corrected chi connectivity index (χ4v) is 5.49. The molecule has 2 aromatic rings. The monoisotopic (exact) mass is 731 g/mol. The van der Waals surface area contributed by atoms with Crippen LogP contribution in [-0.2, 0) is 33.3 Å². The maximum Gasteiger partial charge on any atom is 0.412 e. The van der Waals surface area contributed by atoms with Gasteiger partial charge in [-0.05, 0) is 58.0 Å². The fraction of sp³-hybridized carbons (Fsp3) is 0.556. The summed E-state index contributed by atoms with van der Waals surface area (Å²) >= 11 is 0. The third kappa shape index (κ3) is 13.3. The highest BCUT2D eigenvalue weighted by atomic mass is 16.7.